The Bertz CT molecular complexity index is 705. The van der Waals surface area contributed by atoms with Crippen molar-refractivity contribution in [2.45, 2.75) is 11.8 Å². The Morgan fingerprint density at radius 3 is 2.68 bits per heavy atom. The molecule has 0 saturated heterocycles. The Labute approximate surface area is 125 Å². The molecule has 0 atom stereocenters. The molecule has 0 unspecified atom stereocenters. The lowest BCUT2D eigenvalue weighted by atomic mass is 10.2. The summed E-state index contributed by atoms with van der Waals surface area (Å²) in [6.45, 7) is 1.80. The van der Waals surface area contributed by atoms with E-state index in [1.54, 1.807) is 31.2 Å². The molecule has 1 heterocycles. The number of rotatable bonds is 3. The molecule has 2 rings (SSSR count). The number of nitrogens with one attached hydrogen (secondary N) is 1. The van der Waals surface area contributed by atoms with Crippen LogP contribution < -0.4 is 4.72 Å². The van der Waals surface area contributed by atoms with Crippen molar-refractivity contribution in [2.75, 3.05) is 4.72 Å². The van der Waals surface area contributed by atoms with E-state index in [1.807, 2.05) is 0 Å². The summed E-state index contributed by atoms with van der Waals surface area (Å²) in [5.74, 6) is 0.256. The first-order valence-corrected chi connectivity index (χ1v) is 7.95. The highest BCUT2D eigenvalue weighted by molar-refractivity contribution is 9.10. The molecule has 2 aromatic rings. The number of anilines is 1. The molecule has 0 spiro atoms. The van der Waals surface area contributed by atoms with Crippen LogP contribution in [0.3, 0.4) is 0 Å². The molecule has 0 radical (unpaired) electrons. The molecular formula is C12H10BrClN2O2S. The molecule has 0 fully saturated rings. The SMILES string of the molecule is Cc1cc(Br)c(S(=O)(=O)Nc2ccccn2)cc1Cl. The average molecular weight is 362 g/mol. The fourth-order valence-electron chi connectivity index (χ4n) is 1.45. The molecule has 4 nitrogen and oxygen atoms in total. The molecule has 0 amide bonds. The minimum atomic E-state index is -3.73. The van der Waals surface area contributed by atoms with Gasteiger partial charge in [-0.3, -0.25) is 4.72 Å². The second kappa shape index (κ2) is 5.48. The van der Waals surface area contributed by atoms with Crippen LogP contribution in [0.4, 0.5) is 5.82 Å². The monoisotopic (exact) mass is 360 g/mol. The third kappa shape index (κ3) is 3.26. The Hall–Kier alpha value is -1.11. The van der Waals surface area contributed by atoms with Crippen molar-refractivity contribution < 1.29 is 8.42 Å². The van der Waals surface area contributed by atoms with Gasteiger partial charge < -0.3 is 0 Å². The maximum atomic E-state index is 12.2. The molecule has 0 saturated carbocycles. The number of aryl methyl sites for hydroxylation is 1. The first kappa shape index (κ1) is 14.3. The van der Waals surface area contributed by atoms with Gasteiger partial charge in [0.15, 0.2) is 0 Å². The Balaban J connectivity index is 2.43. The maximum Gasteiger partial charge on any atom is 0.264 e. The van der Waals surface area contributed by atoms with E-state index in [1.165, 1.54) is 12.3 Å². The van der Waals surface area contributed by atoms with Crippen LogP contribution in [-0.4, -0.2) is 13.4 Å². The summed E-state index contributed by atoms with van der Waals surface area (Å²) < 4.78 is 27.3. The average Bonchev–Trinajstić information content (AvgIpc) is 2.34. The fourth-order valence-corrected chi connectivity index (χ4v) is 3.87. The van der Waals surface area contributed by atoms with Crippen molar-refractivity contribution in [3.8, 4) is 0 Å². The lowest BCUT2D eigenvalue weighted by Crippen LogP contribution is -2.14. The van der Waals surface area contributed by atoms with E-state index in [0.29, 0.717) is 9.50 Å². The zero-order valence-corrected chi connectivity index (χ0v) is 13.1. The van der Waals surface area contributed by atoms with Crippen molar-refractivity contribution in [1.29, 1.82) is 0 Å². The lowest BCUT2D eigenvalue weighted by molar-refractivity contribution is 0.600. The van der Waals surface area contributed by atoms with Crippen LogP contribution in [0, 0.1) is 6.92 Å². The lowest BCUT2D eigenvalue weighted by Gasteiger charge is -2.10. The van der Waals surface area contributed by atoms with Gasteiger partial charge in [-0.1, -0.05) is 17.7 Å². The van der Waals surface area contributed by atoms with Crippen molar-refractivity contribution in [1.82, 2.24) is 4.98 Å². The van der Waals surface area contributed by atoms with Crippen molar-refractivity contribution in [2.24, 2.45) is 0 Å². The number of hydrogen-bond donors (Lipinski definition) is 1. The van der Waals surface area contributed by atoms with E-state index >= 15 is 0 Å². The van der Waals surface area contributed by atoms with Gasteiger partial charge in [0, 0.05) is 15.7 Å². The molecule has 1 aromatic carbocycles. The molecular weight excluding hydrogens is 352 g/mol. The van der Waals surface area contributed by atoms with Gasteiger partial charge in [0.05, 0.1) is 0 Å². The molecule has 0 aliphatic rings. The van der Waals surface area contributed by atoms with Crippen molar-refractivity contribution in [3.05, 3.63) is 51.6 Å². The van der Waals surface area contributed by atoms with Gasteiger partial charge in [0.25, 0.3) is 10.0 Å². The van der Waals surface area contributed by atoms with Crippen LogP contribution >= 0.6 is 27.5 Å². The summed E-state index contributed by atoms with van der Waals surface area (Å²) >= 11 is 9.20. The number of pyridine rings is 1. The quantitative estimate of drug-likeness (QED) is 0.908. The molecule has 1 aromatic heterocycles. The van der Waals surface area contributed by atoms with Gasteiger partial charge >= 0.3 is 0 Å². The predicted octanol–water partition coefficient (Wildman–Crippen LogP) is 3.61. The van der Waals surface area contributed by atoms with Gasteiger partial charge in [0.2, 0.25) is 0 Å². The van der Waals surface area contributed by atoms with E-state index in [2.05, 4.69) is 25.6 Å². The van der Waals surface area contributed by atoms with Crippen LogP contribution in [0.25, 0.3) is 0 Å². The standard InChI is InChI=1S/C12H10BrClN2O2S/c1-8-6-9(13)11(7-10(8)14)19(17,18)16-12-4-2-3-5-15-12/h2-7H,1H3,(H,15,16). The number of aromatic nitrogens is 1. The van der Waals surface area contributed by atoms with Crippen molar-refractivity contribution in [3.63, 3.8) is 0 Å². The van der Waals surface area contributed by atoms with Crippen molar-refractivity contribution >= 4 is 43.4 Å². The zero-order chi connectivity index (χ0) is 14.0. The second-order valence-corrected chi connectivity index (χ2v) is 6.76. The third-order valence-corrected chi connectivity index (χ3v) is 5.13. The minimum Gasteiger partial charge on any atom is -0.263 e. The number of hydrogen-bond acceptors (Lipinski definition) is 3. The van der Waals surface area contributed by atoms with Crippen LogP contribution in [0.5, 0.6) is 0 Å². The van der Waals surface area contributed by atoms with Gasteiger partial charge in [0.1, 0.15) is 10.7 Å². The number of sulfonamides is 1. The third-order valence-electron chi connectivity index (χ3n) is 2.41. The van der Waals surface area contributed by atoms with Gasteiger partial charge in [-0.25, -0.2) is 13.4 Å². The summed E-state index contributed by atoms with van der Waals surface area (Å²) in [5.41, 5.74) is 0.797. The Kier molecular flexibility index (Phi) is 4.13. The highest BCUT2D eigenvalue weighted by atomic mass is 79.9. The van der Waals surface area contributed by atoms with Crippen LogP contribution in [-0.2, 0) is 10.0 Å². The molecule has 19 heavy (non-hydrogen) atoms. The van der Waals surface area contributed by atoms with E-state index < -0.39 is 10.0 Å². The summed E-state index contributed by atoms with van der Waals surface area (Å²) in [5, 5.41) is 0.393. The predicted molar refractivity (Wildman–Crippen MR) is 78.9 cm³/mol. The summed E-state index contributed by atoms with van der Waals surface area (Å²) in [7, 11) is -3.73. The van der Waals surface area contributed by atoms with Gasteiger partial charge in [-0.05, 0) is 52.7 Å². The zero-order valence-electron chi connectivity index (χ0n) is 9.89. The molecule has 1 N–H and O–H groups in total. The smallest absolute Gasteiger partial charge is 0.263 e. The second-order valence-electron chi connectivity index (χ2n) is 3.85. The fraction of sp³-hybridized carbons (Fsp3) is 0.0833. The summed E-state index contributed by atoms with van der Waals surface area (Å²) in [4.78, 5) is 4.00. The topological polar surface area (TPSA) is 59.1 Å². The van der Waals surface area contributed by atoms with Crippen LogP contribution in [0.2, 0.25) is 5.02 Å². The van der Waals surface area contributed by atoms with Gasteiger partial charge in [-0.2, -0.15) is 0 Å². The van der Waals surface area contributed by atoms with Crippen LogP contribution in [0.1, 0.15) is 5.56 Å². The number of nitrogens with zero attached hydrogens (tertiary/aromatic N) is 1. The molecule has 0 aliphatic heterocycles. The van der Waals surface area contributed by atoms with E-state index in [-0.39, 0.29) is 10.7 Å². The molecule has 100 valence electrons. The first-order valence-electron chi connectivity index (χ1n) is 5.29. The minimum absolute atomic E-state index is 0.0775. The molecule has 0 bridgehead atoms. The maximum absolute atomic E-state index is 12.2. The van der Waals surface area contributed by atoms with E-state index in [4.69, 9.17) is 11.6 Å². The normalized spacial score (nSPS) is 11.3. The van der Waals surface area contributed by atoms with Gasteiger partial charge in [-0.15, -0.1) is 0 Å². The number of halogens is 2. The Morgan fingerprint density at radius 2 is 2.05 bits per heavy atom. The molecule has 0 aliphatic carbocycles. The summed E-state index contributed by atoms with van der Waals surface area (Å²) in [6.07, 6.45) is 1.51. The highest BCUT2D eigenvalue weighted by Gasteiger charge is 2.19. The van der Waals surface area contributed by atoms with E-state index in [9.17, 15) is 8.42 Å². The van der Waals surface area contributed by atoms with E-state index in [0.717, 1.165) is 5.56 Å². The number of benzene rings is 1. The largest absolute Gasteiger partial charge is 0.264 e. The molecule has 7 heteroatoms. The first-order chi connectivity index (χ1) is 8.90. The van der Waals surface area contributed by atoms with Crippen LogP contribution in [0.15, 0.2) is 45.9 Å². The highest BCUT2D eigenvalue weighted by Crippen LogP contribution is 2.29. The summed E-state index contributed by atoms with van der Waals surface area (Å²) in [6, 6.07) is 8.04. The Morgan fingerprint density at radius 1 is 1.32 bits per heavy atom.